The van der Waals surface area contributed by atoms with E-state index in [1.54, 1.807) is 13.2 Å². The molecule has 0 spiro atoms. The highest BCUT2D eigenvalue weighted by Crippen LogP contribution is 2.36. The second kappa shape index (κ2) is 9.34. The number of amides is 2. The van der Waals surface area contributed by atoms with Gasteiger partial charge in [0.1, 0.15) is 22.6 Å². The van der Waals surface area contributed by atoms with E-state index in [1.807, 2.05) is 0 Å². The van der Waals surface area contributed by atoms with Crippen LogP contribution in [0.15, 0.2) is 47.2 Å². The number of thiazole rings is 1. The summed E-state index contributed by atoms with van der Waals surface area (Å²) in [6, 6.07) is 5.60. The Morgan fingerprint density at radius 1 is 1.26 bits per heavy atom. The van der Waals surface area contributed by atoms with Gasteiger partial charge in [0, 0.05) is 25.0 Å². The third-order valence-corrected chi connectivity index (χ3v) is 5.96. The van der Waals surface area contributed by atoms with Gasteiger partial charge in [-0.3, -0.25) is 19.1 Å². The third-order valence-electron chi connectivity index (χ3n) is 4.89. The highest BCUT2D eigenvalue weighted by atomic mass is 32.1. The van der Waals surface area contributed by atoms with Crippen LogP contribution < -0.4 is 21.7 Å². The van der Waals surface area contributed by atoms with Crippen LogP contribution in [0.3, 0.4) is 0 Å². The molecule has 3 aromatic heterocycles. The zero-order valence-corrected chi connectivity index (χ0v) is 19.2. The number of carbonyl (C=O) groups is 3. The van der Waals surface area contributed by atoms with Crippen LogP contribution in [-0.4, -0.2) is 43.6 Å². The molecule has 4 rings (SSSR count). The number of benzene rings is 1. The molecule has 12 nitrogen and oxygen atoms in total. The van der Waals surface area contributed by atoms with Crippen molar-refractivity contribution in [2.45, 2.75) is 13.0 Å². The highest BCUT2D eigenvalue weighted by molar-refractivity contribution is 7.18. The summed E-state index contributed by atoms with van der Waals surface area (Å²) in [5.41, 5.74) is 12.2. The van der Waals surface area contributed by atoms with E-state index in [0.29, 0.717) is 11.4 Å². The minimum Gasteiger partial charge on any atom is -0.382 e. The topological polar surface area (TPSA) is 175 Å². The van der Waals surface area contributed by atoms with Crippen LogP contribution in [0.5, 0.6) is 0 Å². The monoisotopic (exact) mass is 498 g/mol. The molecule has 35 heavy (non-hydrogen) atoms. The van der Waals surface area contributed by atoms with Gasteiger partial charge in [0.05, 0.1) is 11.9 Å². The number of aryl methyl sites for hydroxylation is 1. The fraction of sp³-hybridized carbons (Fsp3) is 0.143. The van der Waals surface area contributed by atoms with Crippen LogP contribution in [0, 0.1) is 5.82 Å². The number of primary amides is 1. The summed E-state index contributed by atoms with van der Waals surface area (Å²) in [4.78, 5) is 43.0. The smallest absolute Gasteiger partial charge is 0.277 e. The summed E-state index contributed by atoms with van der Waals surface area (Å²) in [5.74, 6) is -2.77. The molecule has 0 aliphatic heterocycles. The number of nitrogens with zero attached hydrogens (tertiary/aromatic N) is 5. The standard InChI is InChI=1S/C21H19FN8O4S/c1-10(19(24)32)30(13-5-3-11(22)4-6-13)21-27-18(23)17(35-21)16(31)15-7-14(28-34-15)20(33)26-12-8-25-29(2)9-12/h3-10H,23H2,1-2H3,(H2,24,32)(H,26,33)/t10-/m1/s1. The number of anilines is 4. The van der Waals surface area contributed by atoms with Gasteiger partial charge < -0.3 is 26.2 Å². The van der Waals surface area contributed by atoms with E-state index in [9.17, 15) is 18.8 Å². The average molecular weight is 499 g/mol. The number of ketones is 1. The van der Waals surface area contributed by atoms with Crippen molar-refractivity contribution in [2.24, 2.45) is 12.8 Å². The first-order chi connectivity index (χ1) is 16.6. The minimum absolute atomic E-state index is 0.000787. The average Bonchev–Trinajstić information content (AvgIpc) is 3.55. The van der Waals surface area contributed by atoms with Gasteiger partial charge in [0.25, 0.3) is 5.91 Å². The molecule has 1 aromatic carbocycles. The summed E-state index contributed by atoms with van der Waals surface area (Å²) in [6.45, 7) is 1.54. The van der Waals surface area contributed by atoms with Crippen molar-refractivity contribution >= 4 is 51.3 Å². The van der Waals surface area contributed by atoms with E-state index in [4.69, 9.17) is 16.0 Å². The third kappa shape index (κ3) is 4.86. The number of nitrogen functional groups attached to an aromatic ring is 1. The van der Waals surface area contributed by atoms with Crippen LogP contribution in [0.4, 0.5) is 26.7 Å². The zero-order valence-electron chi connectivity index (χ0n) is 18.4. The molecule has 0 aliphatic rings. The van der Waals surface area contributed by atoms with Crippen molar-refractivity contribution in [1.82, 2.24) is 19.9 Å². The summed E-state index contributed by atoms with van der Waals surface area (Å²) in [5, 5.41) is 10.3. The molecule has 0 fully saturated rings. The van der Waals surface area contributed by atoms with Gasteiger partial charge >= 0.3 is 0 Å². The van der Waals surface area contributed by atoms with Crippen molar-refractivity contribution in [3.8, 4) is 0 Å². The lowest BCUT2D eigenvalue weighted by molar-refractivity contribution is -0.118. The molecule has 3 heterocycles. The van der Waals surface area contributed by atoms with E-state index < -0.39 is 29.5 Å². The Hall–Kier alpha value is -4.59. The zero-order chi connectivity index (χ0) is 25.3. The maximum Gasteiger partial charge on any atom is 0.277 e. The first-order valence-electron chi connectivity index (χ1n) is 10.1. The number of hydrogen-bond donors (Lipinski definition) is 3. The minimum atomic E-state index is -0.887. The van der Waals surface area contributed by atoms with Gasteiger partial charge in [-0.1, -0.05) is 16.5 Å². The Morgan fingerprint density at radius 3 is 2.60 bits per heavy atom. The number of aromatic nitrogens is 4. The quantitative estimate of drug-likeness (QED) is 0.307. The first-order valence-corrected chi connectivity index (χ1v) is 10.9. The predicted octanol–water partition coefficient (Wildman–Crippen LogP) is 2.08. The number of nitrogens with one attached hydrogen (secondary N) is 1. The predicted molar refractivity (Wildman–Crippen MR) is 125 cm³/mol. The Bertz CT molecular complexity index is 1410. The molecule has 180 valence electrons. The molecule has 0 saturated heterocycles. The Balaban J connectivity index is 1.60. The second-order valence-electron chi connectivity index (χ2n) is 7.40. The molecule has 0 aliphatic carbocycles. The highest BCUT2D eigenvalue weighted by Gasteiger charge is 2.29. The molecule has 2 amide bonds. The maximum absolute atomic E-state index is 13.4. The molecule has 0 saturated carbocycles. The fourth-order valence-corrected chi connectivity index (χ4v) is 4.13. The van der Waals surface area contributed by atoms with Crippen LogP contribution in [0.25, 0.3) is 0 Å². The van der Waals surface area contributed by atoms with Gasteiger partial charge in [-0.2, -0.15) is 5.10 Å². The molecule has 0 bridgehead atoms. The molecule has 0 radical (unpaired) electrons. The van der Waals surface area contributed by atoms with Crippen LogP contribution in [-0.2, 0) is 11.8 Å². The van der Waals surface area contributed by atoms with Crippen molar-refractivity contribution in [1.29, 1.82) is 0 Å². The molecule has 0 unspecified atom stereocenters. The summed E-state index contributed by atoms with van der Waals surface area (Å²) in [7, 11) is 1.69. The number of hydrogen-bond acceptors (Lipinski definition) is 10. The maximum atomic E-state index is 13.4. The number of nitrogens with two attached hydrogens (primary N) is 2. The second-order valence-corrected chi connectivity index (χ2v) is 8.38. The van der Waals surface area contributed by atoms with Gasteiger partial charge in [-0.15, -0.1) is 0 Å². The molecular formula is C21H19FN8O4S. The fourth-order valence-electron chi connectivity index (χ4n) is 3.10. The number of rotatable bonds is 8. The summed E-state index contributed by atoms with van der Waals surface area (Å²) < 4.78 is 20.0. The van der Waals surface area contributed by atoms with Crippen molar-refractivity contribution in [2.75, 3.05) is 16.0 Å². The SMILES string of the molecule is C[C@H](C(N)=O)N(c1ccc(F)cc1)c1nc(N)c(C(=O)c2cc(C(=O)Nc3cnn(C)c3)no2)s1. The van der Waals surface area contributed by atoms with Crippen molar-refractivity contribution in [3.05, 3.63) is 64.9 Å². The van der Waals surface area contributed by atoms with Gasteiger partial charge in [-0.25, -0.2) is 9.37 Å². The molecule has 14 heteroatoms. The molecule has 5 N–H and O–H groups in total. The Labute approximate surface area is 201 Å². The Morgan fingerprint density at radius 2 is 1.97 bits per heavy atom. The first kappa shape index (κ1) is 23.6. The van der Waals surface area contributed by atoms with E-state index in [-0.39, 0.29) is 27.3 Å². The largest absolute Gasteiger partial charge is 0.382 e. The number of halogens is 1. The normalized spacial score (nSPS) is 11.7. The summed E-state index contributed by atoms with van der Waals surface area (Å²) >= 11 is 0.878. The summed E-state index contributed by atoms with van der Waals surface area (Å²) in [6.07, 6.45) is 3.03. The van der Waals surface area contributed by atoms with Crippen LogP contribution in [0.1, 0.15) is 32.8 Å². The van der Waals surface area contributed by atoms with Crippen LogP contribution >= 0.6 is 11.3 Å². The van der Waals surface area contributed by atoms with Crippen molar-refractivity contribution in [3.63, 3.8) is 0 Å². The lowest BCUT2D eigenvalue weighted by Gasteiger charge is -2.26. The molecule has 4 aromatic rings. The Kier molecular flexibility index (Phi) is 6.29. The van der Waals surface area contributed by atoms with Gasteiger partial charge in [0.2, 0.25) is 17.5 Å². The van der Waals surface area contributed by atoms with Gasteiger partial charge in [-0.05, 0) is 31.2 Å². The number of carbonyl (C=O) groups excluding carboxylic acids is 3. The van der Waals surface area contributed by atoms with Crippen molar-refractivity contribution < 1.29 is 23.3 Å². The molecule has 1 atom stereocenters. The van der Waals surface area contributed by atoms with Crippen LogP contribution in [0.2, 0.25) is 0 Å². The van der Waals surface area contributed by atoms with E-state index in [0.717, 1.165) is 11.3 Å². The van der Waals surface area contributed by atoms with Gasteiger partial charge in [0.15, 0.2) is 10.8 Å². The van der Waals surface area contributed by atoms with E-state index in [2.05, 4.69) is 20.6 Å². The van der Waals surface area contributed by atoms with E-state index in [1.165, 1.54) is 53.0 Å². The molecular weight excluding hydrogens is 479 g/mol. The van der Waals surface area contributed by atoms with E-state index >= 15 is 0 Å². The lowest BCUT2D eigenvalue weighted by Crippen LogP contribution is -2.39. The lowest BCUT2D eigenvalue weighted by atomic mass is 10.2.